The molecule has 0 aromatic carbocycles. The Balaban J connectivity index is 4.53. The van der Waals surface area contributed by atoms with E-state index in [0.717, 1.165) is 11.3 Å². The van der Waals surface area contributed by atoms with Crippen LogP contribution < -0.4 is 5.73 Å². The Labute approximate surface area is 74.9 Å². The number of nitrogens with two attached hydrogens (primary N) is 1. The Morgan fingerprint density at radius 1 is 1.42 bits per heavy atom. The fraction of sp³-hybridized carbons (Fsp3) is 0.500. The lowest BCUT2D eigenvalue weighted by molar-refractivity contribution is 0.525. The van der Waals surface area contributed by atoms with Gasteiger partial charge in [0, 0.05) is 11.9 Å². The minimum Gasteiger partial charge on any atom is -0.404 e. The number of allylic oxidation sites excluding steroid dienone is 2. The quantitative estimate of drug-likeness (QED) is 0.629. The van der Waals surface area contributed by atoms with Gasteiger partial charge in [0.05, 0.1) is 0 Å². The van der Waals surface area contributed by atoms with Gasteiger partial charge in [-0.05, 0) is 24.1 Å². The van der Waals surface area contributed by atoms with Gasteiger partial charge in [-0.2, -0.15) is 0 Å². The van der Waals surface area contributed by atoms with Crippen molar-refractivity contribution in [1.29, 1.82) is 0 Å². The van der Waals surface area contributed by atoms with Gasteiger partial charge in [0.2, 0.25) is 0 Å². The maximum Gasteiger partial charge on any atom is 0.0322 e. The summed E-state index contributed by atoms with van der Waals surface area (Å²) in [7, 11) is 0. The van der Waals surface area contributed by atoms with Crippen LogP contribution in [0.2, 0.25) is 0 Å². The van der Waals surface area contributed by atoms with Gasteiger partial charge in [-0.3, -0.25) is 4.99 Å². The Bertz CT molecular complexity index is 216. The summed E-state index contributed by atoms with van der Waals surface area (Å²) in [5, 5.41) is 0. The van der Waals surface area contributed by atoms with Gasteiger partial charge in [-0.1, -0.05) is 27.4 Å². The average Bonchev–Trinajstić information content (AvgIpc) is 1.85. The van der Waals surface area contributed by atoms with Crippen LogP contribution in [0.5, 0.6) is 0 Å². The van der Waals surface area contributed by atoms with Crippen LogP contribution in [0.15, 0.2) is 29.0 Å². The van der Waals surface area contributed by atoms with Crippen molar-refractivity contribution >= 4 is 6.21 Å². The lowest BCUT2D eigenvalue weighted by Crippen LogP contribution is -2.12. The molecule has 0 aromatic rings. The van der Waals surface area contributed by atoms with E-state index in [1.54, 1.807) is 12.4 Å². The third-order valence-corrected chi connectivity index (χ3v) is 1.47. The fourth-order valence-electron chi connectivity index (χ4n) is 0.666. The monoisotopic (exact) mass is 166 g/mol. The topological polar surface area (TPSA) is 38.4 Å². The molecule has 0 amide bonds. The summed E-state index contributed by atoms with van der Waals surface area (Å²) >= 11 is 0. The second-order valence-electron chi connectivity index (χ2n) is 3.87. The second-order valence-corrected chi connectivity index (χ2v) is 3.87. The van der Waals surface area contributed by atoms with Crippen molar-refractivity contribution in [2.75, 3.05) is 0 Å². The molecule has 2 heteroatoms. The van der Waals surface area contributed by atoms with E-state index >= 15 is 0 Å². The molecule has 0 fully saturated rings. The SMILES string of the molecule is C=C(C)N=C/C(=C\N)C(C)(C)C. The molecule has 0 spiro atoms. The molecule has 0 aliphatic carbocycles. The maximum absolute atomic E-state index is 5.46. The molecule has 0 rings (SSSR count). The van der Waals surface area contributed by atoms with Crippen molar-refractivity contribution < 1.29 is 0 Å². The molecule has 0 radical (unpaired) electrons. The van der Waals surface area contributed by atoms with Crippen LogP contribution >= 0.6 is 0 Å². The molecule has 12 heavy (non-hydrogen) atoms. The van der Waals surface area contributed by atoms with Gasteiger partial charge in [0.15, 0.2) is 0 Å². The molecule has 0 bridgehead atoms. The highest BCUT2D eigenvalue weighted by Crippen LogP contribution is 2.22. The number of rotatable bonds is 2. The largest absolute Gasteiger partial charge is 0.404 e. The van der Waals surface area contributed by atoms with Crippen molar-refractivity contribution in [3.05, 3.63) is 24.0 Å². The fourth-order valence-corrected chi connectivity index (χ4v) is 0.666. The van der Waals surface area contributed by atoms with Gasteiger partial charge >= 0.3 is 0 Å². The lowest BCUT2D eigenvalue weighted by Gasteiger charge is -2.18. The number of hydrogen-bond donors (Lipinski definition) is 1. The third kappa shape index (κ3) is 3.96. The summed E-state index contributed by atoms with van der Waals surface area (Å²) in [4.78, 5) is 4.09. The van der Waals surface area contributed by atoms with E-state index < -0.39 is 0 Å². The molecule has 0 aliphatic heterocycles. The van der Waals surface area contributed by atoms with Gasteiger partial charge in [-0.25, -0.2) is 0 Å². The van der Waals surface area contributed by atoms with Crippen molar-refractivity contribution in [3.63, 3.8) is 0 Å². The van der Waals surface area contributed by atoms with E-state index in [1.807, 2.05) is 6.92 Å². The molecule has 0 heterocycles. The molecule has 0 unspecified atom stereocenters. The zero-order chi connectivity index (χ0) is 9.78. The standard InChI is InChI=1S/C10H18N2/c1-8(2)12-7-9(6-11)10(3,4)5/h6-7H,1,11H2,2-5H3/b9-6+,12-7?. The van der Waals surface area contributed by atoms with Gasteiger partial charge in [0.1, 0.15) is 0 Å². The molecular formula is C10H18N2. The zero-order valence-electron chi connectivity index (χ0n) is 8.39. The molecule has 0 atom stereocenters. The summed E-state index contributed by atoms with van der Waals surface area (Å²) in [6.45, 7) is 11.8. The summed E-state index contributed by atoms with van der Waals surface area (Å²) < 4.78 is 0. The van der Waals surface area contributed by atoms with E-state index in [0.29, 0.717) is 0 Å². The first-order valence-electron chi connectivity index (χ1n) is 4.00. The van der Waals surface area contributed by atoms with Crippen LogP contribution in [0.1, 0.15) is 27.7 Å². The van der Waals surface area contributed by atoms with Gasteiger partial charge in [0.25, 0.3) is 0 Å². The summed E-state index contributed by atoms with van der Waals surface area (Å²) in [5.41, 5.74) is 7.32. The summed E-state index contributed by atoms with van der Waals surface area (Å²) in [6, 6.07) is 0. The highest BCUT2D eigenvalue weighted by atomic mass is 14.7. The van der Waals surface area contributed by atoms with Crippen molar-refractivity contribution in [3.8, 4) is 0 Å². The second kappa shape index (κ2) is 4.10. The predicted octanol–water partition coefficient (Wildman–Crippen LogP) is 2.48. The predicted molar refractivity (Wildman–Crippen MR) is 55.0 cm³/mol. The molecule has 0 saturated carbocycles. The Kier molecular flexibility index (Phi) is 3.74. The highest BCUT2D eigenvalue weighted by molar-refractivity contribution is 5.80. The number of aliphatic imine (C=N–C) groups is 1. The first-order chi connectivity index (χ1) is 5.38. The molecular weight excluding hydrogens is 148 g/mol. The molecule has 2 nitrogen and oxygen atoms in total. The summed E-state index contributed by atoms with van der Waals surface area (Å²) in [5.74, 6) is 0. The minimum absolute atomic E-state index is 0.0493. The Morgan fingerprint density at radius 3 is 2.17 bits per heavy atom. The van der Waals surface area contributed by atoms with E-state index in [4.69, 9.17) is 5.73 Å². The Morgan fingerprint density at radius 2 is 1.92 bits per heavy atom. The van der Waals surface area contributed by atoms with E-state index in [1.165, 1.54) is 0 Å². The van der Waals surface area contributed by atoms with Crippen LogP contribution in [0.3, 0.4) is 0 Å². The molecule has 0 aromatic heterocycles. The van der Waals surface area contributed by atoms with E-state index in [2.05, 4.69) is 32.3 Å². The van der Waals surface area contributed by atoms with Crippen molar-refractivity contribution in [2.45, 2.75) is 27.7 Å². The molecule has 0 saturated heterocycles. The lowest BCUT2D eigenvalue weighted by atomic mass is 9.88. The number of hydrogen-bond acceptors (Lipinski definition) is 2. The van der Waals surface area contributed by atoms with Crippen LogP contribution in [0.25, 0.3) is 0 Å². The third-order valence-electron chi connectivity index (χ3n) is 1.47. The van der Waals surface area contributed by atoms with Crippen LogP contribution in [-0.4, -0.2) is 6.21 Å². The highest BCUT2D eigenvalue weighted by Gasteiger charge is 2.14. The first kappa shape index (κ1) is 11.0. The van der Waals surface area contributed by atoms with Gasteiger partial charge in [-0.15, -0.1) is 0 Å². The first-order valence-corrected chi connectivity index (χ1v) is 4.00. The van der Waals surface area contributed by atoms with Gasteiger partial charge < -0.3 is 5.73 Å². The molecule has 0 aliphatic rings. The van der Waals surface area contributed by atoms with E-state index in [9.17, 15) is 0 Å². The molecule has 2 N–H and O–H groups in total. The minimum atomic E-state index is 0.0493. The normalized spacial score (nSPS) is 13.8. The maximum atomic E-state index is 5.46. The van der Waals surface area contributed by atoms with Crippen LogP contribution in [0.4, 0.5) is 0 Å². The summed E-state index contributed by atoms with van der Waals surface area (Å²) in [6.07, 6.45) is 3.36. The van der Waals surface area contributed by atoms with Crippen LogP contribution in [0, 0.1) is 5.41 Å². The van der Waals surface area contributed by atoms with Crippen molar-refractivity contribution in [2.24, 2.45) is 16.1 Å². The van der Waals surface area contributed by atoms with E-state index in [-0.39, 0.29) is 5.41 Å². The smallest absolute Gasteiger partial charge is 0.0322 e. The van der Waals surface area contributed by atoms with Crippen molar-refractivity contribution in [1.82, 2.24) is 0 Å². The Hall–Kier alpha value is -1.05. The van der Waals surface area contributed by atoms with Crippen LogP contribution in [-0.2, 0) is 0 Å². The average molecular weight is 166 g/mol. The zero-order valence-corrected chi connectivity index (χ0v) is 8.39. The number of nitrogens with zero attached hydrogens (tertiary/aromatic N) is 1. The molecule has 68 valence electrons.